The minimum Gasteiger partial charge on any atom is -0.343 e. The molecule has 80 valence electrons. The number of rotatable bonds is 2. The SMILES string of the molecule is CS(=O)(=O)NC1=NCN(C2CC2)CN1. The van der Waals surface area contributed by atoms with Gasteiger partial charge in [-0.1, -0.05) is 0 Å². The van der Waals surface area contributed by atoms with Crippen LogP contribution in [0.3, 0.4) is 0 Å². The number of aliphatic imine (C=N–C) groups is 1. The Labute approximate surface area is 83.4 Å². The maximum Gasteiger partial charge on any atom is 0.232 e. The molecule has 1 fully saturated rings. The van der Waals surface area contributed by atoms with Gasteiger partial charge in [-0.15, -0.1) is 0 Å². The molecule has 0 radical (unpaired) electrons. The Kier molecular flexibility index (Phi) is 2.36. The van der Waals surface area contributed by atoms with E-state index >= 15 is 0 Å². The van der Waals surface area contributed by atoms with Gasteiger partial charge < -0.3 is 5.32 Å². The van der Waals surface area contributed by atoms with Crippen LogP contribution in [0.2, 0.25) is 0 Å². The van der Waals surface area contributed by atoms with Gasteiger partial charge in [0.15, 0.2) is 0 Å². The minimum absolute atomic E-state index is 0.351. The van der Waals surface area contributed by atoms with Gasteiger partial charge in [0.2, 0.25) is 16.0 Å². The molecule has 0 aromatic rings. The molecular weight excluding hydrogens is 204 g/mol. The van der Waals surface area contributed by atoms with E-state index in [1.165, 1.54) is 12.8 Å². The van der Waals surface area contributed by atoms with Crippen molar-refractivity contribution in [2.24, 2.45) is 4.99 Å². The van der Waals surface area contributed by atoms with E-state index in [2.05, 4.69) is 19.9 Å². The lowest BCUT2D eigenvalue weighted by molar-refractivity contribution is 0.253. The molecular formula is C7H14N4O2S. The van der Waals surface area contributed by atoms with E-state index in [9.17, 15) is 8.42 Å². The summed E-state index contributed by atoms with van der Waals surface area (Å²) in [6.07, 6.45) is 3.57. The Morgan fingerprint density at radius 2 is 2.29 bits per heavy atom. The molecule has 1 heterocycles. The molecule has 2 N–H and O–H groups in total. The number of hydrogen-bond acceptors (Lipinski definition) is 5. The Morgan fingerprint density at radius 1 is 1.57 bits per heavy atom. The summed E-state index contributed by atoms with van der Waals surface area (Å²) in [4.78, 5) is 6.29. The van der Waals surface area contributed by atoms with Crippen molar-refractivity contribution in [2.45, 2.75) is 18.9 Å². The van der Waals surface area contributed by atoms with E-state index < -0.39 is 10.0 Å². The third kappa shape index (κ3) is 2.58. The first-order valence-electron chi connectivity index (χ1n) is 4.55. The van der Waals surface area contributed by atoms with Crippen LogP contribution >= 0.6 is 0 Å². The van der Waals surface area contributed by atoms with E-state index in [-0.39, 0.29) is 0 Å². The third-order valence-corrected chi connectivity index (χ3v) is 2.77. The van der Waals surface area contributed by atoms with Crippen molar-refractivity contribution in [3.63, 3.8) is 0 Å². The van der Waals surface area contributed by atoms with E-state index in [0.29, 0.717) is 25.3 Å². The van der Waals surface area contributed by atoms with Crippen molar-refractivity contribution in [2.75, 3.05) is 19.6 Å². The predicted molar refractivity (Wildman–Crippen MR) is 53.1 cm³/mol. The Balaban J connectivity index is 1.90. The largest absolute Gasteiger partial charge is 0.343 e. The summed E-state index contributed by atoms with van der Waals surface area (Å²) < 4.78 is 24.1. The zero-order valence-electron chi connectivity index (χ0n) is 8.02. The van der Waals surface area contributed by atoms with Gasteiger partial charge in [-0.2, -0.15) is 0 Å². The molecule has 0 aromatic heterocycles. The van der Waals surface area contributed by atoms with Gasteiger partial charge in [0.05, 0.1) is 19.6 Å². The highest BCUT2D eigenvalue weighted by atomic mass is 32.2. The molecule has 2 aliphatic rings. The Morgan fingerprint density at radius 3 is 2.71 bits per heavy atom. The van der Waals surface area contributed by atoms with Crippen molar-refractivity contribution in [1.29, 1.82) is 0 Å². The highest BCUT2D eigenvalue weighted by Crippen LogP contribution is 2.26. The topological polar surface area (TPSA) is 73.8 Å². The highest BCUT2D eigenvalue weighted by molar-refractivity contribution is 7.89. The molecule has 0 unspecified atom stereocenters. The van der Waals surface area contributed by atoms with Crippen molar-refractivity contribution in [3.05, 3.63) is 0 Å². The molecule has 1 aliphatic carbocycles. The number of nitrogens with zero attached hydrogens (tertiary/aromatic N) is 2. The number of hydrogen-bond donors (Lipinski definition) is 2. The predicted octanol–water partition coefficient (Wildman–Crippen LogP) is -1.13. The van der Waals surface area contributed by atoms with Crippen LogP contribution in [0.1, 0.15) is 12.8 Å². The minimum atomic E-state index is -3.21. The standard InChI is InChI=1S/C7H14N4O2S/c1-14(12,13)10-7-8-4-11(5-9-7)6-2-3-6/h6H,2-5H2,1H3,(H2,8,9,10). The molecule has 1 saturated carbocycles. The summed E-state index contributed by atoms with van der Waals surface area (Å²) in [5.74, 6) is 0.351. The average Bonchev–Trinajstić information content (AvgIpc) is 2.85. The first-order chi connectivity index (χ1) is 6.54. The smallest absolute Gasteiger partial charge is 0.232 e. The van der Waals surface area contributed by atoms with Crippen LogP contribution in [0, 0.1) is 0 Å². The van der Waals surface area contributed by atoms with E-state index in [0.717, 1.165) is 6.26 Å². The first kappa shape index (κ1) is 9.72. The number of guanidine groups is 1. The molecule has 6 nitrogen and oxygen atoms in total. The zero-order chi connectivity index (χ0) is 10.2. The second-order valence-electron chi connectivity index (χ2n) is 3.68. The molecule has 0 amide bonds. The summed E-state index contributed by atoms with van der Waals surface area (Å²) in [6, 6.07) is 0.644. The molecule has 0 bridgehead atoms. The highest BCUT2D eigenvalue weighted by Gasteiger charge is 2.30. The Bertz CT molecular complexity index is 347. The van der Waals surface area contributed by atoms with Crippen molar-refractivity contribution in [1.82, 2.24) is 14.9 Å². The number of nitrogens with one attached hydrogen (secondary N) is 2. The summed E-state index contributed by atoms with van der Waals surface area (Å²) in [5.41, 5.74) is 0. The average molecular weight is 218 g/mol. The fraction of sp³-hybridized carbons (Fsp3) is 0.857. The van der Waals surface area contributed by atoms with Gasteiger partial charge in [0, 0.05) is 6.04 Å². The quantitative estimate of drug-likeness (QED) is 0.615. The fourth-order valence-corrected chi connectivity index (χ4v) is 1.86. The summed E-state index contributed by atoms with van der Waals surface area (Å²) in [6.45, 7) is 1.25. The molecule has 0 atom stereocenters. The van der Waals surface area contributed by atoms with Gasteiger partial charge in [0.25, 0.3) is 0 Å². The lowest BCUT2D eigenvalue weighted by atomic mass is 10.5. The first-order valence-corrected chi connectivity index (χ1v) is 6.44. The summed E-state index contributed by atoms with van der Waals surface area (Å²) in [7, 11) is -3.21. The second kappa shape index (κ2) is 3.39. The lowest BCUT2D eigenvalue weighted by Crippen LogP contribution is -2.50. The van der Waals surface area contributed by atoms with Crippen LogP contribution in [0.25, 0.3) is 0 Å². The van der Waals surface area contributed by atoms with E-state index in [4.69, 9.17) is 0 Å². The van der Waals surface area contributed by atoms with Crippen molar-refractivity contribution in [3.8, 4) is 0 Å². The molecule has 0 saturated heterocycles. The third-order valence-electron chi connectivity index (χ3n) is 2.21. The molecule has 2 rings (SSSR count). The maximum atomic E-state index is 10.9. The second-order valence-corrected chi connectivity index (χ2v) is 5.43. The summed E-state index contributed by atoms with van der Waals surface area (Å²) in [5, 5.41) is 2.93. The van der Waals surface area contributed by atoms with Gasteiger partial charge in [-0.25, -0.2) is 13.4 Å². The molecule has 0 aromatic carbocycles. The van der Waals surface area contributed by atoms with Crippen molar-refractivity contribution >= 4 is 16.0 Å². The maximum absolute atomic E-state index is 10.9. The van der Waals surface area contributed by atoms with Gasteiger partial charge in [-0.05, 0) is 12.8 Å². The molecule has 14 heavy (non-hydrogen) atoms. The van der Waals surface area contributed by atoms with Crippen LogP contribution in [0.4, 0.5) is 0 Å². The van der Waals surface area contributed by atoms with Gasteiger partial charge in [0.1, 0.15) is 0 Å². The lowest BCUT2D eigenvalue weighted by Gasteiger charge is -2.26. The molecule has 1 aliphatic heterocycles. The number of sulfonamides is 1. The zero-order valence-corrected chi connectivity index (χ0v) is 8.84. The van der Waals surface area contributed by atoms with Crippen LogP contribution in [-0.2, 0) is 10.0 Å². The molecule has 7 heteroatoms. The van der Waals surface area contributed by atoms with Crippen LogP contribution < -0.4 is 10.0 Å². The van der Waals surface area contributed by atoms with Gasteiger partial charge in [-0.3, -0.25) is 9.62 Å². The summed E-state index contributed by atoms with van der Waals surface area (Å²) >= 11 is 0. The van der Waals surface area contributed by atoms with Crippen molar-refractivity contribution < 1.29 is 8.42 Å². The van der Waals surface area contributed by atoms with E-state index in [1.807, 2.05) is 0 Å². The monoisotopic (exact) mass is 218 g/mol. The van der Waals surface area contributed by atoms with Crippen LogP contribution in [0.15, 0.2) is 4.99 Å². The normalized spacial score (nSPS) is 23.9. The van der Waals surface area contributed by atoms with Crippen LogP contribution in [0.5, 0.6) is 0 Å². The van der Waals surface area contributed by atoms with E-state index in [1.54, 1.807) is 0 Å². The molecule has 0 spiro atoms. The Hall–Kier alpha value is -0.820. The van der Waals surface area contributed by atoms with Crippen LogP contribution in [-0.4, -0.2) is 44.9 Å². The fourth-order valence-electron chi connectivity index (χ4n) is 1.37. The van der Waals surface area contributed by atoms with Gasteiger partial charge >= 0.3 is 0 Å².